The molecule has 0 aliphatic rings. The Morgan fingerprint density at radius 2 is 1.72 bits per heavy atom. The molecule has 1 amide bonds. The lowest BCUT2D eigenvalue weighted by molar-refractivity contribution is 0.0942. The van der Waals surface area contributed by atoms with Crippen molar-refractivity contribution in [3.05, 3.63) is 68.4 Å². The van der Waals surface area contributed by atoms with Crippen LogP contribution in [-0.4, -0.2) is 33.0 Å². The number of aromatic nitrogens is 2. The van der Waals surface area contributed by atoms with Crippen molar-refractivity contribution in [1.29, 1.82) is 0 Å². The summed E-state index contributed by atoms with van der Waals surface area (Å²) in [5.74, 6) is 0.128. The van der Waals surface area contributed by atoms with Crippen molar-refractivity contribution >= 4 is 50.3 Å². The standard InChI is InChI=1S/C24H26BrN3O3S/c1-14(2)12-28-23(31)19-10-7-17(22(30)26-15(3)4)11-20(19)27-24(28)32-13-21(29)16-5-8-18(25)9-6-16/h5-11,14-15H,12-13H2,1-4H3,(H,26,30). The number of carbonyl (C=O) groups excluding carboxylic acids is 2. The average molecular weight is 516 g/mol. The predicted molar refractivity (Wildman–Crippen MR) is 133 cm³/mol. The zero-order valence-electron chi connectivity index (χ0n) is 18.5. The van der Waals surface area contributed by atoms with Crippen molar-refractivity contribution in [2.75, 3.05) is 5.75 Å². The van der Waals surface area contributed by atoms with E-state index in [2.05, 4.69) is 26.2 Å². The van der Waals surface area contributed by atoms with E-state index in [1.165, 1.54) is 11.8 Å². The molecule has 1 aromatic heterocycles. The fourth-order valence-electron chi connectivity index (χ4n) is 3.17. The molecule has 6 nitrogen and oxygen atoms in total. The first-order valence-corrected chi connectivity index (χ1v) is 12.2. The number of amides is 1. The summed E-state index contributed by atoms with van der Waals surface area (Å²) in [6, 6.07) is 12.1. The number of hydrogen-bond acceptors (Lipinski definition) is 5. The second kappa shape index (κ2) is 10.4. The number of Topliss-reactive ketones (excluding diaryl/α,β-unsaturated/α-hetero) is 1. The first kappa shape index (κ1) is 24.2. The molecule has 0 saturated carbocycles. The molecule has 0 aliphatic heterocycles. The minimum Gasteiger partial charge on any atom is -0.350 e. The van der Waals surface area contributed by atoms with Crippen LogP contribution < -0.4 is 10.9 Å². The third-order valence-corrected chi connectivity index (χ3v) is 6.15. The van der Waals surface area contributed by atoms with Crippen molar-refractivity contribution < 1.29 is 9.59 Å². The molecule has 168 valence electrons. The van der Waals surface area contributed by atoms with Gasteiger partial charge in [0.2, 0.25) is 0 Å². The highest BCUT2D eigenvalue weighted by Gasteiger charge is 2.17. The van der Waals surface area contributed by atoms with E-state index >= 15 is 0 Å². The summed E-state index contributed by atoms with van der Waals surface area (Å²) < 4.78 is 2.53. The lowest BCUT2D eigenvalue weighted by atomic mass is 10.1. The molecule has 8 heteroatoms. The summed E-state index contributed by atoms with van der Waals surface area (Å²) in [5.41, 5.74) is 1.33. The molecule has 32 heavy (non-hydrogen) atoms. The van der Waals surface area contributed by atoms with Gasteiger partial charge in [0.05, 0.1) is 16.7 Å². The highest BCUT2D eigenvalue weighted by molar-refractivity contribution is 9.10. The number of thioether (sulfide) groups is 1. The van der Waals surface area contributed by atoms with Crippen molar-refractivity contribution in [3.8, 4) is 0 Å². The van der Waals surface area contributed by atoms with Gasteiger partial charge in [-0.1, -0.05) is 53.7 Å². The molecule has 0 saturated heterocycles. The maximum absolute atomic E-state index is 13.2. The van der Waals surface area contributed by atoms with Crippen LogP contribution in [0.15, 0.2) is 56.9 Å². The summed E-state index contributed by atoms with van der Waals surface area (Å²) in [6.45, 7) is 8.32. The third-order valence-electron chi connectivity index (χ3n) is 4.65. The Hall–Kier alpha value is -2.45. The van der Waals surface area contributed by atoms with E-state index in [9.17, 15) is 14.4 Å². The maximum Gasteiger partial charge on any atom is 0.262 e. The van der Waals surface area contributed by atoms with Crippen LogP contribution >= 0.6 is 27.7 Å². The SMILES string of the molecule is CC(C)Cn1c(SCC(=O)c2ccc(Br)cc2)nc2cc(C(=O)NC(C)C)ccc2c1=O. The second-order valence-electron chi connectivity index (χ2n) is 8.28. The zero-order valence-corrected chi connectivity index (χ0v) is 20.9. The van der Waals surface area contributed by atoms with Gasteiger partial charge in [0.25, 0.3) is 11.5 Å². The van der Waals surface area contributed by atoms with Gasteiger partial charge in [-0.2, -0.15) is 0 Å². The largest absolute Gasteiger partial charge is 0.350 e. The molecular formula is C24H26BrN3O3S. The number of halogens is 1. The Balaban J connectivity index is 1.97. The Labute approximate surface area is 199 Å². The van der Waals surface area contributed by atoms with Gasteiger partial charge >= 0.3 is 0 Å². The Kier molecular flexibility index (Phi) is 7.90. The maximum atomic E-state index is 13.2. The minimum atomic E-state index is -0.213. The molecule has 3 aromatic rings. The molecule has 1 N–H and O–H groups in total. The number of hydrogen-bond donors (Lipinski definition) is 1. The summed E-state index contributed by atoms with van der Waals surface area (Å²) in [5, 5.41) is 3.78. The van der Waals surface area contributed by atoms with Crippen molar-refractivity contribution in [3.63, 3.8) is 0 Å². The average Bonchev–Trinajstić information content (AvgIpc) is 2.73. The van der Waals surface area contributed by atoms with Gasteiger partial charge in [-0.25, -0.2) is 4.98 Å². The number of nitrogens with zero attached hydrogens (tertiary/aromatic N) is 2. The van der Waals surface area contributed by atoms with E-state index in [4.69, 9.17) is 0 Å². The molecule has 0 bridgehead atoms. The third kappa shape index (κ3) is 5.86. The highest BCUT2D eigenvalue weighted by atomic mass is 79.9. The minimum absolute atomic E-state index is 0.000868. The van der Waals surface area contributed by atoms with Crippen LogP contribution in [0.5, 0.6) is 0 Å². The van der Waals surface area contributed by atoms with E-state index in [1.807, 2.05) is 39.8 Å². The first-order valence-electron chi connectivity index (χ1n) is 10.4. The van der Waals surface area contributed by atoms with Crippen LogP contribution in [0.3, 0.4) is 0 Å². The van der Waals surface area contributed by atoms with E-state index < -0.39 is 0 Å². The lowest BCUT2D eigenvalue weighted by Gasteiger charge is -2.15. The number of benzene rings is 2. The van der Waals surface area contributed by atoms with Gasteiger partial charge < -0.3 is 5.32 Å². The van der Waals surface area contributed by atoms with Gasteiger partial charge in [-0.15, -0.1) is 0 Å². The number of rotatable bonds is 8. The van der Waals surface area contributed by atoms with E-state index in [0.717, 1.165) is 4.47 Å². The van der Waals surface area contributed by atoms with E-state index in [-0.39, 0.29) is 35.0 Å². The van der Waals surface area contributed by atoms with Crippen LogP contribution in [-0.2, 0) is 6.54 Å². The van der Waals surface area contributed by atoms with Gasteiger partial charge in [0.15, 0.2) is 10.9 Å². The Morgan fingerprint density at radius 3 is 2.34 bits per heavy atom. The van der Waals surface area contributed by atoms with Crippen LogP contribution in [0.1, 0.15) is 48.4 Å². The summed E-state index contributed by atoms with van der Waals surface area (Å²) in [7, 11) is 0. The van der Waals surface area contributed by atoms with E-state index in [0.29, 0.717) is 33.7 Å². The number of fused-ring (bicyclic) bond motifs is 1. The lowest BCUT2D eigenvalue weighted by Crippen LogP contribution is -2.30. The first-order chi connectivity index (χ1) is 15.2. The number of nitrogens with one attached hydrogen (secondary N) is 1. The summed E-state index contributed by atoms with van der Waals surface area (Å²) in [6.07, 6.45) is 0. The highest BCUT2D eigenvalue weighted by Crippen LogP contribution is 2.22. The molecule has 0 unspecified atom stereocenters. The zero-order chi connectivity index (χ0) is 23.4. The fourth-order valence-corrected chi connectivity index (χ4v) is 4.34. The molecule has 0 spiro atoms. The molecule has 0 atom stereocenters. The molecule has 0 aliphatic carbocycles. The Bertz CT molecular complexity index is 1200. The monoisotopic (exact) mass is 515 g/mol. The van der Waals surface area contributed by atoms with Gasteiger partial charge in [-0.3, -0.25) is 19.0 Å². The van der Waals surface area contributed by atoms with Crippen LogP contribution in [0.2, 0.25) is 0 Å². The molecule has 1 heterocycles. The molecule has 0 fully saturated rings. The van der Waals surface area contributed by atoms with Crippen LogP contribution in [0.4, 0.5) is 0 Å². The molecule has 3 rings (SSSR count). The van der Waals surface area contributed by atoms with Crippen LogP contribution in [0.25, 0.3) is 10.9 Å². The van der Waals surface area contributed by atoms with E-state index in [1.54, 1.807) is 34.9 Å². The van der Waals surface area contributed by atoms with Gasteiger partial charge in [0.1, 0.15) is 0 Å². The summed E-state index contributed by atoms with van der Waals surface area (Å²) >= 11 is 4.61. The van der Waals surface area contributed by atoms with Crippen LogP contribution in [0, 0.1) is 5.92 Å². The van der Waals surface area contributed by atoms with Crippen molar-refractivity contribution in [2.24, 2.45) is 5.92 Å². The molecule has 2 aromatic carbocycles. The van der Waals surface area contributed by atoms with Crippen molar-refractivity contribution in [1.82, 2.24) is 14.9 Å². The topological polar surface area (TPSA) is 81.1 Å². The Morgan fingerprint density at radius 1 is 1.06 bits per heavy atom. The number of carbonyl (C=O) groups is 2. The number of ketones is 1. The fraction of sp³-hybridized carbons (Fsp3) is 0.333. The molecular weight excluding hydrogens is 490 g/mol. The molecule has 0 radical (unpaired) electrons. The predicted octanol–water partition coefficient (Wildman–Crippen LogP) is 4.93. The quantitative estimate of drug-likeness (QED) is 0.261. The second-order valence-corrected chi connectivity index (χ2v) is 10.1. The van der Waals surface area contributed by atoms with Gasteiger partial charge in [0, 0.05) is 28.2 Å². The van der Waals surface area contributed by atoms with Crippen molar-refractivity contribution in [2.45, 2.75) is 45.4 Å². The van der Waals surface area contributed by atoms with Gasteiger partial charge in [-0.05, 0) is 50.1 Å². The smallest absolute Gasteiger partial charge is 0.262 e. The normalized spacial score (nSPS) is 11.3. The summed E-state index contributed by atoms with van der Waals surface area (Å²) in [4.78, 5) is 42.9.